The highest BCUT2D eigenvalue weighted by Crippen LogP contribution is 2.21. The summed E-state index contributed by atoms with van der Waals surface area (Å²) in [6.07, 6.45) is 1.00. The molecule has 0 saturated heterocycles. The number of benzene rings is 2. The topological polar surface area (TPSA) is 21.3 Å². The smallest absolute Gasteiger partial charge is 0.118 e. The third-order valence-corrected chi connectivity index (χ3v) is 3.25. The molecule has 100 valence electrons. The van der Waals surface area contributed by atoms with Crippen molar-refractivity contribution in [2.75, 3.05) is 13.7 Å². The lowest BCUT2D eigenvalue weighted by Gasteiger charge is -2.19. The minimum absolute atomic E-state index is 0.346. The van der Waals surface area contributed by atoms with Gasteiger partial charge in [-0.3, -0.25) is 0 Å². The summed E-state index contributed by atoms with van der Waals surface area (Å²) in [6, 6.07) is 19.2. The van der Waals surface area contributed by atoms with E-state index in [4.69, 9.17) is 4.74 Å². The van der Waals surface area contributed by atoms with Gasteiger partial charge in [0.1, 0.15) is 5.75 Å². The Morgan fingerprint density at radius 1 is 1.00 bits per heavy atom. The number of ether oxygens (including phenoxy) is 1. The number of hydrogen-bond donors (Lipinski definition) is 1. The second-order valence-electron chi connectivity index (χ2n) is 4.57. The van der Waals surface area contributed by atoms with E-state index >= 15 is 0 Å². The maximum absolute atomic E-state index is 5.21. The summed E-state index contributed by atoms with van der Waals surface area (Å²) in [6.45, 7) is 3.10. The van der Waals surface area contributed by atoms with E-state index in [1.807, 2.05) is 12.1 Å². The quantitative estimate of drug-likeness (QED) is 0.851. The van der Waals surface area contributed by atoms with Crippen molar-refractivity contribution in [1.29, 1.82) is 0 Å². The van der Waals surface area contributed by atoms with Gasteiger partial charge in [0.05, 0.1) is 7.11 Å². The van der Waals surface area contributed by atoms with Gasteiger partial charge in [0.15, 0.2) is 0 Å². The number of hydrogen-bond acceptors (Lipinski definition) is 2. The lowest BCUT2D eigenvalue weighted by atomic mass is 9.99. The van der Waals surface area contributed by atoms with Gasteiger partial charge in [-0.1, -0.05) is 49.4 Å². The van der Waals surface area contributed by atoms with E-state index in [0.29, 0.717) is 6.04 Å². The van der Waals surface area contributed by atoms with E-state index in [2.05, 4.69) is 54.7 Å². The Kier molecular flexibility index (Phi) is 4.99. The second kappa shape index (κ2) is 6.95. The standard InChI is InChI=1S/C17H21NO/c1-3-18-17(13-14-7-5-4-6-8-14)15-9-11-16(19-2)12-10-15/h4-12,17-18H,3,13H2,1-2H3. The summed E-state index contributed by atoms with van der Waals surface area (Å²) in [5, 5.41) is 3.54. The molecule has 0 bridgehead atoms. The molecule has 0 aromatic heterocycles. The molecule has 0 aliphatic carbocycles. The lowest BCUT2D eigenvalue weighted by Crippen LogP contribution is -2.22. The summed E-state index contributed by atoms with van der Waals surface area (Å²) >= 11 is 0. The summed E-state index contributed by atoms with van der Waals surface area (Å²) < 4.78 is 5.21. The molecule has 0 aliphatic heterocycles. The second-order valence-corrected chi connectivity index (χ2v) is 4.57. The Labute approximate surface area is 115 Å². The van der Waals surface area contributed by atoms with Crippen LogP contribution >= 0.6 is 0 Å². The van der Waals surface area contributed by atoms with Crippen molar-refractivity contribution in [3.63, 3.8) is 0 Å². The molecule has 0 spiro atoms. The lowest BCUT2D eigenvalue weighted by molar-refractivity contribution is 0.414. The molecule has 1 N–H and O–H groups in total. The van der Waals surface area contributed by atoms with Gasteiger partial charge in [-0.2, -0.15) is 0 Å². The zero-order valence-electron chi connectivity index (χ0n) is 11.6. The van der Waals surface area contributed by atoms with Crippen molar-refractivity contribution < 1.29 is 4.74 Å². The van der Waals surface area contributed by atoms with Gasteiger partial charge in [0.25, 0.3) is 0 Å². The van der Waals surface area contributed by atoms with Crippen LogP contribution < -0.4 is 10.1 Å². The normalized spacial score (nSPS) is 12.1. The molecular weight excluding hydrogens is 234 g/mol. The third kappa shape index (κ3) is 3.83. The summed E-state index contributed by atoms with van der Waals surface area (Å²) in [5.41, 5.74) is 2.65. The van der Waals surface area contributed by atoms with Crippen LogP contribution in [-0.2, 0) is 6.42 Å². The van der Waals surface area contributed by atoms with Crippen molar-refractivity contribution in [2.24, 2.45) is 0 Å². The first-order valence-corrected chi connectivity index (χ1v) is 6.74. The van der Waals surface area contributed by atoms with Crippen molar-refractivity contribution in [2.45, 2.75) is 19.4 Å². The first-order chi connectivity index (χ1) is 9.33. The third-order valence-electron chi connectivity index (χ3n) is 3.25. The molecule has 0 heterocycles. The molecule has 19 heavy (non-hydrogen) atoms. The van der Waals surface area contributed by atoms with Crippen LogP contribution in [0.2, 0.25) is 0 Å². The molecule has 0 amide bonds. The monoisotopic (exact) mass is 255 g/mol. The van der Waals surface area contributed by atoms with E-state index in [9.17, 15) is 0 Å². The van der Waals surface area contributed by atoms with E-state index < -0.39 is 0 Å². The molecule has 2 rings (SSSR count). The van der Waals surface area contributed by atoms with Crippen molar-refractivity contribution in [3.8, 4) is 5.75 Å². The fourth-order valence-corrected chi connectivity index (χ4v) is 2.24. The zero-order valence-corrected chi connectivity index (χ0v) is 11.6. The number of methoxy groups -OCH3 is 1. The van der Waals surface area contributed by atoms with Gasteiger partial charge in [-0.25, -0.2) is 0 Å². The van der Waals surface area contributed by atoms with Gasteiger partial charge in [0, 0.05) is 6.04 Å². The predicted octanol–water partition coefficient (Wildman–Crippen LogP) is 3.59. The highest BCUT2D eigenvalue weighted by atomic mass is 16.5. The average Bonchev–Trinajstić information content (AvgIpc) is 2.48. The van der Waals surface area contributed by atoms with Crippen LogP contribution in [0.15, 0.2) is 54.6 Å². The van der Waals surface area contributed by atoms with E-state index in [1.165, 1.54) is 11.1 Å². The van der Waals surface area contributed by atoms with Crippen LogP contribution in [0, 0.1) is 0 Å². The van der Waals surface area contributed by atoms with E-state index in [1.54, 1.807) is 7.11 Å². The Morgan fingerprint density at radius 2 is 1.68 bits per heavy atom. The number of likely N-dealkylation sites (N-methyl/N-ethyl adjacent to an activating group) is 1. The van der Waals surface area contributed by atoms with Gasteiger partial charge in [-0.15, -0.1) is 0 Å². The molecule has 2 nitrogen and oxygen atoms in total. The Balaban J connectivity index is 2.14. The van der Waals surface area contributed by atoms with Gasteiger partial charge in [0.2, 0.25) is 0 Å². The van der Waals surface area contributed by atoms with Gasteiger partial charge < -0.3 is 10.1 Å². The van der Waals surface area contributed by atoms with Crippen LogP contribution in [0.25, 0.3) is 0 Å². The van der Waals surface area contributed by atoms with Crippen molar-refractivity contribution in [1.82, 2.24) is 5.32 Å². The fraction of sp³-hybridized carbons (Fsp3) is 0.294. The Hall–Kier alpha value is -1.80. The van der Waals surface area contributed by atoms with Crippen LogP contribution in [0.3, 0.4) is 0 Å². The minimum Gasteiger partial charge on any atom is -0.497 e. The largest absolute Gasteiger partial charge is 0.497 e. The molecule has 0 aliphatic rings. The molecule has 1 atom stereocenters. The summed E-state index contributed by atoms with van der Waals surface area (Å²) in [7, 11) is 1.70. The molecular formula is C17H21NO. The molecule has 1 unspecified atom stereocenters. The van der Waals surface area contributed by atoms with Crippen LogP contribution in [0.5, 0.6) is 5.75 Å². The maximum atomic E-state index is 5.21. The van der Waals surface area contributed by atoms with Gasteiger partial charge >= 0.3 is 0 Å². The molecule has 2 heteroatoms. The zero-order chi connectivity index (χ0) is 13.5. The van der Waals surface area contributed by atoms with E-state index in [-0.39, 0.29) is 0 Å². The van der Waals surface area contributed by atoms with Crippen LogP contribution in [-0.4, -0.2) is 13.7 Å². The van der Waals surface area contributed by atoms with Crippen LogP contribution in [0.4, 0.5) is 0 Å². The van der Waals surface area contributed by atoms with Crippen molar-refractivity contribution >= 4 is 0 Å². The highest BCUT2D eigenvalue weighted by Gasteiger charge is 2.10. The highest BCUT2D eigenvalue weighted by molar-refractivity contribution is 5.30. The van der Waals surface area contributed by atoms with Gasteiger partial charge in [-0.05, 0) is 36.2 Å². The minimum atomic E-state index is 0.346. The summed E-state index contributed by atoms with van der Waals surface area (Å²) in [4.78, 5) is 0. The summed E-state index contributed by atoms with van der Waals surface area (Å²) in [5.74, 6) is 0.902. The first kappa shape index (κ1) is 13.6. The average molecular weight is 255 g/mol. The Bertz CT molecular complexity index is 478. The number of nitrogens with one attached hydrogen (secondary N) is 1. The van der Waals surface area contributed by atoms with E-state index in [0.717, 1.165) is 18.7 Å². The maximum Gasteiger partial charge on any atom is 0.118 e. The molecule has 2 aromatic rings. The SMILES string of the molecule is CCNC(Cc1ccccc1)c1ccc(OC)cc1. The fourth-order valence-electron chi connectivity index (χ4n) is 2.24. The Morgan fingerprint density at radius 3 is 2.26 bits per heavy atom. The first-order valence-electron chi connectivity index (χ1n) is 6.74. The van der Waals surface area contributed by atoms with Crippen molar-refractivity contribution in [3.05, 3.63) is 65.7 Å². The molecule has 0 radical (unpaired) electrons. The number of rotatable bonds is 6. The predicted molar refractivity (Wildman–Crippen MR) is 79.6 cm³/mol. The van der Waals surface area contributed by atoms with Crippen LogP contribution in [0.1, 0.15) is 24.1 Å². The molecule has 2 aromatic carbocycles. The molecule has 0 fully saturated rings. The molecule has 0 saturated carbocycles.